The Balaban J connectivity index is 2.92. The van der Waals surface area contributed by atoms with Crippen molar-refractivity contribution < 1.29 is 26.3 Å². The van der Waals surface area contributed by atoms with Gasteiger partial charge in [-0.15, -0.1) is 0 Å². The molecule has 1 rings (SSSR count). The van der Waals surface area contributed by atoms with Crippen molar-refractivity contribution in [3.63, 3.8) is 0 Å². The van der Waals surface area contributed by atoms with Crippen molar-refractivity contribution in [1.82, 2.24) is 0 Å². The number of hydrogen-bond acceptors (Lipinski definition) is 1. The third-order valence-corrected chi connectivity index (χ3v) is 2.48. The zero-order chi connectivity index (χ0) is 14.0. The quantitative estimate of drug-likeness (QED) is 0.838. The van der Waals surface area contributed by atoms with E-state index in [1.165, 1.54) is 6.07 Å². The Morgan fingerprint density at radius 1 is 1.06 bits per heavy atom. The zero-order valence-corrected chi connectivity index (χ0v) is 9.15. The molecule has 0 fully saturated rings. The minimum atomic E-state index is -4.56. The van der Waals surface area contributed by atoms with Gasteiger partial charge in [-0.1, -0.05) is 18.2 Å². The molecule has 0 aliphatic heterocycles. The number of benzene rings is 1. The summed E-state index contributed by atoms with van der Waals surface area (Å²) in [4.78, 5) is 0. The zero-order valence-electron chi connectivity index (χ0n) is 9.15. The Bertz CT molecular complexity index is 395. The molecular formula is C11H11F6N. The highest BCUT2D eigenvalue weighted by molar-refractivity contribution is 5.26. The largest absolute Gasteiger partial charge is 0.416 e. The number of hydrogen-bond donors (Lipinski definition) is 1. The van der Waals surface area contributed by atoms with Crippen molar-refractivity contribution >= 4 is 0 Å². The maximum atomic E-state index is 12.4. The molecular weight excluding hydrogens is 260 g/mol. The lowest BCUT2D eigenvalue weighted by Crippen LogP contribution is -2.32. The van der Waals surface area contributed by atoms with E-state index in [1.807, 2.05) is 0 Å². The molecule has 1 unspecified atom stereocenters. The van der Waals surface area contributed by atoms with Gasteiger partial charge in [0.15, 0.2) is 0 Å². The lowest BCUT2D eigenvalue weighted by Gasteiger charge is -2.18. The first-order valence-corrected chi connectivity index (χ1v) is 5.07. The lowest BCUT2D eigenvalue weighted by molar-refractivity contribution is -0.171. The van der Waals surface area contributed by atoms with E-state index in [1.54, 1.807) is 0 Å². The molecule has 1 nitrogen and oxygen atoms in total. The summed E-state index contributed by atoms with van der Waals surface area (Å²) in [7, 11) is 0. The van der Waals surface area contributed by atoms with Crippen molar-refractivity contribution in [2.24, 2.45) is 11.7 Å². The van der Waals surface area contributed by atoms with Gasteiger partial charge < -0.3 is 5.73 Å². The van der Waals surface area contributed by atoms with Gasteiger partial charge in [0.2, 0.25) is 0 Å². The van der Waals surface area contributed by atoms with E-state index in [2.05, 4.69) is 0 Å². The summed E-state index contributed by atoms with van der Waals surface area (Å²) in [5.41, 5.74) is 4.00. The van der Waals surface area contributed by atoms with Gasteiger partial charge in [-0.05, 0) is 18.1 Å². The molecule has 102 valence electrons. The highest BCUT2D eigenvalue weighted by atomic mass is 19.4. The summed E-state index contributed by atoms with van der Waals surface area (Å²) in [6.45, 7) is -0.653. The van der Waals surface area contributed by atoms with Gasteiger partial charge in [0, 0.05) is 6.54 Å². The second kappa shape index (κ2) is 5.17. The van der Waals surface area contributed by atoms with E-state index >= 15 is 0 Å². The van der Waals surface area contributed by atoms with Crippen LogP contribution < -0.4 is 5.73 Å². The molecule has 0 bridgehead atoms. The topological polar surface area (TPSA) is 26.0 Å². The van der Waals surface area contributed by atoms with Crippen LogP contribution in [0, 0.1) is 5.92 Å². The Labute approximate surface area is 99.6 Å². The molecule has 0 saturated heterocycles. The SMILES string of the molecule is NCC(Cc1cccc(C(F)(F)F)c1)C(F)(F)F. The number of alkyl halides is 6. The molecule has 18 heavy (non-hydrogen) atoms. The average molecular weight is 271 g/mol. The maximum Gasteiger partial charge on any atom is 0.416 e. The monoisotopic (exact) mass is 271 g/mol. The lowest BCUT2D eigenvalue weighted by atomic mass is 9.97. The second-order valence-electron chi connectivity index (χ2n) is 3.88. The summed E-state index contributed by atoms with van der Waals surface area (Å²) in [6, 6.07) is 3.84. The minimum absolute atomic E-state index is 0.0300. The van der Waals surface area contributed by atoms with Crippen molar-refractivity contribution in [3.05, 3.63) is 35.4 Å². The second-order valence-corrected chi connectivity index (χ2v) is 3.88. The van der Waals surface area contributed by atoms with Crippen LogP contribution in [-0.4, -0.2) is 12.7 Å². The third kappa shape index (κ3) is 3.90. The van der Waals surface area contributed by atoms with E-state index in [0.717, 1.165) is 12.1 Å². The molecule has 1 aromatic rings. The van der Waals surface area contributed by atoms with Gasteiger partial charge in [-0.2, -0.15) is 26.3 Å². The van der Waals surface area contributed by atoms with Crippen molar-refractivity contribution in [3.8, 4) is 0 Å². The Hall–Kier alpha value is -1.24. The average Bonchev–Trinajstić information content (AvgIpc) is 2.23. The van der Waals surface area contributed by atoms with Gasteiger partial charge in [-0.3, -0.25) is 0 Å². The maximum absolute atomic E-state index is 12.4. The fourth-order valence-corrected chi connectivity index (χ4v) is 1.49. The number of halogens is 6. The van der Waals surface area contributed by atoms with Crippen LogP contribution in [-0.2, 0) is 12.6 Å². The molecule has 2 N–H and O–H groups in total. The molecule has 1 aromatic carbocycles. The van der Waals surface area contributed by atoms with Crippen LogP contribution in [0.15, 0.2) is 24.3 Å². The molecule has 0 aliphatic rings. The Kier molecular flexibility index (Phi) is 4.26. The summed E-state index contributed by atoms with van der Waals surface area (Å²) in [5, 5.41) is 0. The molecule has 0 saturated carbocycles. The molecule has 0 aliphatic carbocycles. The van der Waals surface area contributed by atoms with Crippen LogP contribution in [0.2, 0.25) is 0 Å². The van der Waals surface area contributed by atoms with Crippen molar-refractivity contribution in [2.75, 3.05) is 6.54 Å². The molecule has 0 aromatic heterocycles. The molecule has 0 amide bonds. The normalized spacial score (nSPS) is 14.6. The number of nitrogens with two attached hydrogens (primary N) is 1. The van der Waals surface area contributed by atoms with Gasteiger partial charge in [0.05, 0.1) is 11.5 Å². The van der Waals surface area contributed by atoms with E-state index < -0.39 is 36.8 Å². The van der Waals surface area contributed by atoms with E-state index in [4.69, 9.17) is 5.73 Å². The standard InChI is InChI=1S/C11H11F6N/c12-10(13,14)8-3-1-2-7(4-8)5-9(6-18)11(15,16)17/h1-4,9H,5-6,18H2. The van der Waals surface area contributed by atoms with Crippen molar-refractivity contribution in [1.29, 1.82) is 0 Å². The molecule has 0 radical (unpaired) electrons. The predicted octanol–water partition coefficient (Wildman–Crippen LogP) is 3.39. The highest BCUT2D eigenvalue weighted by Crippen LogP contribution is 2.32. The smallest absolute Gasteiger partial charge is 0.330 e. The highest BCUT2D eigenvalue weighted by Gasteiger charge is 2.38. The summed E-state index contributed by atoms with van der Waals surface area (Å²) in [5.74, 6) is -1.83. The first kappa shape index (κ1) is 14.8. The predicted molar refractivity (Wildman–Crippen MR) is 53.7 cm³/mol. The summed E-state index contributed by atoms with van der Waals surface area (Å²) < 4.78 is 74.4. The fourth-order valence-electron chi connectivity index (χ4n) is 1.49. The van der Waals surface area contributed by atoms with Gasteiger partial charge in [0.25, 0.3) is 0 Å². The molecule has 0 spiro atoms. The van der Waals surface area contributed by atoms with E-state index in [-0.39, 0.29) is 5.56 Å². The van der Waals surface area contributed by atoms with Gasteiger partial charge >= 0.3 is 12.4 Å². The minimum Gasteiger partial charge on any atom is -0.330 e. The van der Waals surface area contributed by atoms with E-state index in [0.29, 0.717) is 6.07 Å². The first-order valence-electron chi connectivity index (χ1n) is 5.07. The third-order valence-electron chi connectivity index (χ3n) is 2.48. The molecule has 7 heteroatoms. The van der Waals surface area contributed by atoms with E-state index in [9.17, 15) is 26.3 Å². The van der Waals surface area contributed by atoms with Crippen molar-refractivity contribution in [2.45, 2.75) is 18.8 Å². The Morgan fingerprint density at radius 2 is 1.67 bits per heavy atom. The van der Waals surface area contributed by atoms with Crippen LogP contribution >= 0.6 is 0 Å². The van der Waals surface area contributed by atoms with Gasteiger partial charge in [-0.25, -0.2) is 0 Å². The van der Waals surface area contributed by atoms with Crippen LogP contribution in [0.4, 0.5) is 26.3 Å². The summed E-state index contributed by atoms with van der Waals surface area (Å²) in [6.07, 6.45) is -9.63. The van der Waals surface area contributed by atoms with Crippen LogP contribution in [0.25, 0.3) is 0 Å². The van der Waals surface area contributed by atoms with Crippen LogP contribution in [0.1, 0.15) is 11.1 Å². The number of rotatable bonds is 3. The van der Waals surface area contributed by atoms with Gasteiger partial charge in [0.1, 0.15) is 0 Å². The van der Waals surface area contributed by atoms with Crippen LogP contribution in [0.5, 0.6) is 0 Å². The molecule has 1 atom stereocenters. The molecule has 0 heterocycles. The van der Waals surface area contributed by atoms with Crippen LogP contribution in [0.3, 0.4) is 0 Å². The summed E-state index contributed by atoms with van der Waals surface area (Å²) >= 11 is 0. The fraction of sp³-hybridized carbons (Fsp3) is 0.455. The Morgan fingerprint density at radius 3 is 2.11 bits per heavy atom. The first-order chi connectivity index (χ1) is 8.14.